The summed E-state index contributed by atoms with van der Waals surface area (Å²) in [6, 6.07) is 0. The molecular weight excluding hydrogens is 208 g/mol. The van der Waals surface area contributed by atoms with Gasteiger partial charge in [-0.3, -0.25) is 10.1 Å². The van der Waals surface area contributed by atoms with Gasteiger partial charge in [0.2, 0.25) is 0 Å². The molecule has 5 heteroatoms. The number of rotatable bonds is 4. The Balaban J connectivity index is 2.99. The Bertz CT molecular complexity index is 368. The van der Waals surface area contributed by atoms with E-state index in [2.05, 4.69) is 18.9 Å². The van der Waals surface area contributed by atoms with E-state index in [1.807, 2.05) is 14.0 Å². The lowest BCUT2D eigenvalue weighted by Gasteiger charge is -2.07. The van der Waals surface area contributed by atoms with E-state index in [4.69, 9.17) is 11.1 Å². The van der Waals surface area contributed by atoms with Crippen molar-refractivity contribution in [2.75, 3.05) is 5.75 Å². The van der Waals surface area contributed by atoms with E-state index in [9.17, 15) is 0 Å². The molecule has 0 unspecified atom stereocenters. The van der Waals surface area contributed by atoms with Gasteiger partial charge in [-0.2, -0.15) is 5.10 Å². The highest BCUT2D eigenvalue weighted by Gasteiger charge is 2.16. The number of nitrogens with zero attached hydrogens (tertiary/aromatic N) is 2. The van der Waals surface area contributed by atoms with Crippen molar-refractivity contribution < 1.29 is 0 Å². The Kier molecular flexibility index (Phi) is 3.79. The largest absolute Gasteiger partial charge is 0.384 e. The van der Waals surface area contributed by atoms with Crippen LogP contribution in [0.3, 0.4) is 0 Å². The van der Waals surface area contributed by atoms with Crippen molar-refractivity contribution >= 4 is 17.6 Å². The number of thioether (sulfide) groups is 1. The van der Waals surface area contributed by atoms with Gasteiger partial charge >= 0.3 is 0 Å². The van der Waals surface area contributed by atoms with Crippen molar-refractivity contribution in [3.8, 4) is 0 Å². The van der Waals surface area contributed by atoms with E-state index in [0.29, 0.717) is 5.92 Å². The number of nitrogens with two attached hydrogens (primary N) is 1. The lowest BCUT2D eigenvalue weighted by atomic mass is 10.2. The van der Waals surface area contributed by atoms with E-state index in [1.54, 1.807) is 16.4 Å². The molecule has 1 rings (SSSR count). The zero-order valence-electron chi connectivity index (χ0n) is 9.66. The van der Waals surface area contributed by atoms with Crippen LogP contribution in [-0.2, 0) is 7.05 Å². The van der Waals surface area contributed by atoms with Crippen LogP contribution in [0.25, 0.3) is 0 Å². The summed E-state index contributed by atoms with van der Waals surface area (Å²) in [5.74, 6) is 1.73. The summed E-state index contributed by atoms with van der Waals surface area (Å²) in [5.41, 5.74) is 7.16. The summed E-state index contributed by atoms with van der Waals surface area (Å²) < 4.78 is 1.80. The minimum absolute atomic E-state index is 0.104. The Hall–Kier alpha value is -0.970. The molecule has 0 aliphatic rings. The molecule has 0 aromatic carbocycles. The smallest absolute Gasteiger partial charge is 0.127 e. The van der Waals surface area contributed by atoms with Crippen molar-refractivity contribution in [3.05, 3.63) is 11.3 Å². The Morgan fingerprint density at radius 3 is 2.67 bits per heavy atom. The van der Waals surface area contributed by atoms with Gasteiger partial charge in [-0.25, -0.2) is 0 Å². The van der Waals surface area contributed by atoms with Crippen molar-refractivity contribution in [2.24, 2.45) is 18.7 Å². The van der Waals surface area contributed by atoms with Gasteiger partial charge in [-0.1, -0.05) is 13.8 Å². The quantitative estimate of drug-likeness (QED) is 0.467. The minimum atomic E-state index is 0.104. The van der Waals surface area contributed by atoms with Crippen LogP contribution in [0.2, 0.25) is 0 Å². The molecule has 0 saturated carbocycles. The van der Waals surface area contributed by atoms with Crippen LogP contribution in [0.1, 0.15) is 25.1 Å². The molecule has 1 aromatic rings. The van der Waals surface area contributed by atoms with E-state index >= 15 is 0 Å². The Morgan fingerprint density at radius 1 is 1.60 bits per heavy atom. The van der Waals surface area contributed by atoms with Gasteiger partial charge in [0.1, 0.15) is 10.9 Å². The molecule has 0 saturated heterocycles. The molecule has 0 fully saturated rings. The van der Waals surface area contributed by atoms with Crippen LogP contribution in [0.15, 0.2) is 5.03 Å². The number of hydrogen-bond donors (Lipinski definition) is 2. The van der Waals surface area contributed by atoms with Gasteiger partial charge in [-0.05, 0) is 12.8 Å². The first-order valence-electron chi connectivity index (χ1n) is 4.94. The Labute approximate surface area is 94.7 Å². The van der Waals surface area contributed by atoms with Crippen LogP contribution in [0.5, 0.6) is 0 Å². The van der Waals surface area contributed by atoms with Gasteiger partial charge in [0.15, 0.2) is 0 Å². The number of nitrogens with one attached hydrogen (secondary N) is 1. The number of amidine groups is 1. The molecule has 0 spiro atoms. The van der Waals surface area contributed by atoms with Crippen molar-refractivity contribution in [3.63, 3.8) is 0 Å². The van der Waals surface area contributed by atoms with Crippen molar-refractivity contribution in [1.82, 2.24) is 9.78 Å². The minimum Gasteiger partial charge on any atom is -0.384 e. The van der Waals surface area contributed by atoms with Crippen LogP contribution in [0.4, 0.5) is 0 Å². The molecule has 0 amide bonds. The summed E-state index contributed by atoms with van der Waals surface area (Å²) in [6.45, 7) is 6.23. The van der Waals surface area contributed by atoms with Crippen LogP contribution < -0.4 is 5.73 Å². The summed E-state index contributed by atoms with van der Waals surface area (Å²) in [5, 5.41) is 12.8. The maximum atomic E-state index is 7.53. The second-order valence-corrected chi connectivity index (χ2v) is 5.02. The van der Waals surface area contributed by atoms with Crippen LogP contribution in [0, 0.1) is 18.3 Å². The summed E-state index contributed by atoms with van der Waals surface area (Å²) >= 11 is 1.71. The predicted molar refractivity (Wildman–Crippen MR) is 64.5 cm³/mol. The zero-order valence-corrected chi connectivity index (χ0v) is 10.5. The number of nitrogen functional groups attached to an aromatic ring is 1. The highest BCUT2D eigenvalue weighted by molar-refractivity contribution is 7.99. The van der Waals surface area contributed by atoms with Crippen molar-refractivity contribution in [2.45, 2.75) is 25.8 Å². The standard InChI is InChI=1S/C10H18N4S/c1-6(2)5-15-10-8(9(11)12)7(3)13-14(10)4/h6H,5H2,1-4H3,(H3,11,12). The maximum absolute atomic E-state index is 7.53. The molecule has 3 N–H and O–H groups in total. The van der Waals surface area contributed by atoms with Gasteiger partial charge < -0.3 is 5.73 Å². The second kappa shape index (κ2) is 4.70. The third kappa shape index (κ3) is 2.75. The van der Waals surface area contributed by atoms with Crippen LogP contribution >= 0.6 is 11.8 Å². The molecule has 15 heavy (non-hydrogen) atoms. The average Bonchev–Trinajstić information content (AvgIpc) is 2.37. The van der Waals surface area contributed by atoms with E-state index in [0.717, 1.165) is 22.0 Å². The van der Waals surface area contributed by atoms with Gasteiger partial charge in [0.25, 0.3) is 0 Å². The van der Waals surface area contributed by atoms with Crippen LogP contribution in [-0.4, -0.2) is 21.4 Å². The molecule has 4 nitrogen and oxygen atoms in total. The fraction of sp³-hybridized carbons (Fsp3) is 0.600. The third-order valence-electron chi connectivity index (χ3n) is 1.99. The highest BCUT2D eigenvalue weighted by atomic mass is 32.2. The molecule has 0 atom stereocenters. The van der Waals surface area contributed by atoms with Gasteiger partial charge in [0, 0.05) is 12.8 Å². The second-order valence-electron chi connectivity index (χ2n) is 4.01. The van der Waals surface area contributed by atoms with E-state index in [-0.39, 0.29) is 5.84 Å². The summed E-state index contributed by atoms with van der Waals surface area (Å²) in [6.07, 6.45) is 0. The maximum Gasteiger partial charge on any atom is 0.127 e. The first kappa shape index (κ1) is 12.1. The molecule has 0 bridgehead atoms. The molecule has 0 radical (unpaired) electrons. The van der Waals surface area contributed by atoms with E-state index in [1.165, 1.54) is 0 Å². The molecule has 1 aromatic heterocycles. The Morgan fingerprint density at radius 2 is 2.20 bits per heavy atom. The summed E-state index contributed by atoms with van der Waals surface area (Å²) in [7, 11) is 1.89. The van der Waals surface area contributed by atoms with Crippen molar-refractivity contribution in [1.29, 1.82) is 5.41 Å². The van der Waals surface area contributed by atoms with Gasteiger partial charge in [-0.15, -0.1) is 11.8 Å². The molecular formula is C10H18N4S. The topological polar surface area (TPSA) is 67.7 Å². The average molecular weight is 226 g/mol. The molecule has 0 aliphatic heterocycles. The number of hydrogen-bond acceptors (Lipinski definition) is 3. The lowest BCUT2D eigenvalue weighted by molar-refractivity contribution is 0.687. The highest BCUT2D eigenvalue weighted by Crippen LogP contribution is 2.25. The lowest BCUT2D eigenvalue weighted by Crippen LogP contribution is -2.13. The number of aromatic nitrogens is 2. The first-order valence-corrected chi connectivity index (χ1v) is 5.92. The molecule has 84 valence electrons. The first-order chi connectivity index (χ1) is 6.93. The molecule has 0 aliphatic carbocycles. The normalized spacial score (nSPS) is 11.0. The number of aryl methyl sites for hydroxylation is 2. The van der Waals surface area contributed by atoms with E-state index < -0.39 is 0 Å². The fourth-order valence-electron chi connectivity index (χ4n) is 1.36. The monoisotopic (exact) mass is 226 g/mol. The summed E-state index contributed by atoms with van der Waals surface area (Å²) in [4.78, 5) is 0. The zero-order chi connectivity index (χ0) is 11.6. The third-order valence-corrected chi connectivity index (χ3v) is 3.57. The van der Waals surface area contributed by atoms with Gasteiger partial charge in [0.05, 0.1) is 11.3 Å². The predicted octanol–water partition coefficient (Wildman–Crippen LogP) is 1.76. The fourth-order valence-corrected chi connectivity index (χ4v) is 2.48. The SMILES string of the molecule is Cc1nn(C)c(SCC(C)C)c1C(=N)N. The molecule has 1 heterocycles.